The third kappa shape index (κ3) is 3.71. The smallest absolute Gasteiger partial charge is 0.180 e. The molecule has 1 aromatic carbocycles. The van der Waals surface area contributed by atoms with Gasteiger partial charge in [-0.2, -0.15) is 0 Å². The first kappa shape index (κ1) is 18.0. The Morgan fingerprint density at radius 3 is 2.52 bits per heavy atom. The van der Waals surface area contributed by atoms with Gasteiger partial charge < -0.3 is 4.90 Å². The van der Waals surface area contributed by atoms with E-state index in [0.29, 0.717) is 5.82 Å². The number of rotatable bonds is 3. The molecule has 0 fully saturated rings. The molecule has 4 nitrogen and oxygen atoms in total. The zero-order chi connectivity index (χ0) is 18.8. The third-order valence-electron chi connectivity index (χ3n) is 3.93. The Morgan fingerprint density at radius 1 is 1.04 bits per heavy atom. The highest BCUT2D eigenvalue weighted by molar-refractivity contribution is 8.23. The van der Waals surface area contributed by atoms with Crippen molar-refractivity contribution in [3.05, 3.63) is 60.1 Å². The normalized spacial score (nSPS) is 10.9. The molecule has 0 spiro atoms. The van der Waals surface area contributed by atoms with Crippen molar-refractivity contribution in [2.75, 3.05) is 14.1 Å². The topological polar surface area (TPSA) is 41.9 Å². The van der Waals surface area contributed by atoms with Crippen LogP contribution in [0.5, 0.6) is 0 Å². The van der Waals surface area contributed by atoms with E-state index in [2.05, 4.69) is 22.5 Å². The summed E-state index contributed by atoms with van der Waals surface area (Å²) >= 11 is 8.64. The molecule has 4 aromatic rings. The van der Waals surface area contributed by atoms with Gasteiger partial charge in [0.2, 0.25) is 0 Å². The van der Waals surface area contributed by atoms with Crippen molar-refractivity contribution in [1.82, 2.24) is 19.9 Å². The van der Waals surface area contributed by atoms with Crippen LogP contribution < -0.4 is 0 Å². The predicted molar refractivity (Wildman–Crippen MR) is 118 cm³/mol. The van der Waals surface area contributed by atoms with Gasteiger partial charge in [0, 0.05) is 31.2 Å². The molecule has 0 aliphatic heterocycles. The van der Waals surface area contributed by atoms with Gasteiger partial charge in [-0.05, 0) is 29.5 Å². The Morgan fingerprint density at radius 2 is 1.81 bits per heavy atom. The second kappa shape index (κ2) is 7.72. The average Bonchev–Trinajstić information content (AvgIpc) is 3.13. The van der Waals surface area contributed by atoms with Crippen molar-refractivity contribution >= 4 is 49.9 Å². The second-order valence-corrected chi connectivity index (χ2v) is 8.51. The molecule has 3 heterocycles. The molecular formula is C20H16N4S3. The Labute approximate surface area is 171 Å². The number of thiophene rings is 1. The van der Waals surface area contributed by atoms with Crippen LogP contribution >= 0.6 is 35.3 Å². The predicted octanol–water partition coefficient (Wildman–Crippen LogP) is 5.36. The molecule has 0 unspecified atom stereocenters. The van der Waals surface area contributed by atoms with Gasteiger partial charge in [-0.15, -0.1) is 11.3 Å². The van der Waals surface area contributed by atoms with Crippen LogP contribution in [-0.4, -0.2) is 38.3 Å². The summed E-state index contributed by atoms with van der Waals surface area (Å²) in [6.07, 6.45) is 1.75. The van der Waals surface area contributed by atoms with Gasteiger partial charge in [-0.25, -0.2) is 9.97 Å². The highest BCUT2D eigenvalue weighted by atomic mass is 32.2. The van der Waals surface area contributed by atoms with Gasteiger partial charge in [-0.3, -0.25) is 4.98 Å². The lowest BCUT2D eigenvalue weighted by atomic mass is 10.1. The maximum atomic E-state index is 5.53. The molecule has 0 atom stereocenters. The van der Waals surface area contributed by atoms with Crippen molar-refractivity contribution in [2.45, 2.75) is 5.03 Å². The SMILES string of the molecule is CN(C)C(=S)Sc1nc(-c2ccccn2)nc2scc(-c3ccccc3)c12. The van der Waals surface area contributed by atoms with Gasteiger partial charge in [-0.1, -0.05) is 48.6 Å². The molecule has 7 heteroatoms. The summed E-state index contributed by atoms with van der Waals surface area (Å²) in [4.78, 5) is 16.9. The van der Waals surface area contributed by atoms with E-state index in [1.165, 1.54) is 11.8 Å². The van der Waals surface area contributed by atoms with Crippen LogP contribution in [0, 0.1) is 0 Å². The van der Waals surface area contributed by atoms with Crippen LogP contribution in [0.4, 0.5) is 0 Å². The first-order valence-corrected chi connectivity index (χ1v) is 10.4. The maximum Gasteiger partial charge on any atom is 0.180 e. The van der Waals surface area contributed by atoms with E-state index in [1.54, 1.807) is 17.5 Å². The number of thiocarbonyl (C=S) groups is 1. The minimum atomic E-state index is 0.619. The van der Waals surface area contributed by atoms with Crippen LogP contribution in [0.3, 0.4) is 0 Å². The van der Waals surface area contributed by atoms with E-state index >= 15 is 0 Å². The lowest BCUT2D eigenvalue weighted by Gasteiger charge is -2.14. The number of fused-ring (bicyclic) bond motifs is 1. The van der Waals surface area contributed by atoms with E-state index in [0.717, 1.165) is 36.4 Å². The lowest BCUT2D eigenvalue weighted by Crippen LogP contribution is -2.16. The Kier molecular flexibility index (Phi) is 5.15. The van der Waals surface area contributed by atoms with E-state index in [4.69, 9.17) is 22.2 Å². The van der Waals surface area contributed by atoms with Gasteiger partial charge in [0.1, 0.15) is 19.9 Å². The standard InChI is InChI=1S/C20H16N4S3/c1-24(2)20(25)27-19-16-14(13-8-4-3-5-9-13)12-26-18(16)22-17(23-19)15-10-6-7-11-21-15/h3-12H,1-2H3. The molecule has 0 radical (unpaired) electrons. The number of hydrogen-bond donors (Lipinski definition) is 0. The summed E-state index contributed by atoms with van der Waals surface area (Å²) in [7, 11) is 3.89. The third-order valence-corrected chi connectivity index (χ3v) is 6.44. The number of aromatic nitrogens is 3. The molecule has 0 aliphatic carbocycles. The molecule has 3 aromatic heterocycles. The summed E-state index contributed by atoms with van der Waals surface area (Å²) in [5.74, 6) is 0.619. The average molecular weight is 409 g/mol. The highest BCUT2D eigenvalue weighted by Gasteiger charge is 2.18. The summed E-state index contributed by atoms with van der Waals surface area (Å²) < 4.78 is 0.757. The molecule has 27 heavy (non-hydrogen) atoms. The minimum absolute atomic E-state index is 0.619. The van der Waals surface area contributed by atoms with Crippen molar-refractivity contribution in [2.24, 2.45) is 0 Å². The molecule has 4 rings (SSSR count). The molecule has 0 aliphatic rings. The number of pyridine rings is 1. The summed E-state index contributed by atoms with van der Waals surface area (Å²) in [6, 6.07) is 16.1. The van der Waals surface area contributed by atoms with Gasteiger partial charge in [0.05, 0.1) is 5.39 Å². The summed E-state index contributed by atoms with van der Waals surface area (Å²) in [5, 5.41) is 4.04. The van der Waals surface area contributed by atoms with Crippen LogP contribution in [-0.2, 0) is 0 Å². The zero-order valence-electron chi connectivity index (χ0n) is 14.8. The van der Waals surface area contributed by atoms with Crippen LogP contribution in [0.1, 0.15) is 0 Å². The number of nitrogens with zero attached hydrogens (tertiary/aromatic N) is 4. The van der Waals surface area contributed by atoms with E-state index in [-0.39, 0.29) is 0 Å². The number of benzene rings is 1. The number of thioether (sulfide) groups is 1. The van der Waals surface area contributed by atoms with E-state index < -0.39 is 0 Å². The van der Waals surface area contributed by atoms with Gasteiger partial charge in [0.25, 0.3) is 0 Å². The molecule has 0 saturated heterocycles. The highest BCUT2D eigenvalue weighted by Crippen LogP contribution is 2.39. The van der Waals surface area contributed by atoms with E-state index in [1.807, 2.05) is 55.4 Å². The number of hydrogen-bond acceptors (Lipinski definition) is 6. The summed E-state index contributed by atoms with van der Waals surface area (Å²) in [5.41, 5.74) is 3.04. The quantitative estimate of drug-likeness (QED) is 0.258. The minimum Gasteiger partial charge on any atom is -0.363 e. The van der Waals surface area contributed by atoms with Crippen molar-refractivity contribution < 1.29 is 0 Å². The van der Waals surface area contributed by atoms with Crippen molar-refractivity contribution in [1.29, 1.82) is 0 Å². The Bertz CT molecular complexity index is 1090. The van der Waals surface area contributed by atoms with Crippen molar-refractivity contribution in [3.63, 3.8) is 0 Å². The molecule has 0 saturated carbocycles. The Balaban J connectivity index is 1.93. The maximum absolute atomic E-state index is 5.53. The van der Waals surface area contributed by atoms with Crippen LogP contribution in [0.2, 0.25) is 0 Å². The first-order chi connectivity index (χ1) is 13.1. The van der Waals surface area contributed by atoms with Crippen molar-refractivity contribution in [3.8, 4) is 22.6 Å². The Hall–Kier alpha value is -2.35. The van der Waals surface area contributed by atoms with Crippen LogP contribution in [0.25, 0.3) is 32.9 Å². The van der Waals surface area contributed by atoms with E-state index in [9.17, 15) is 0 Å². The molecular weight excluding hydrogens is 392 g/mol. The molecule has 0 bridgehead atoms. The molecule has 134 valence electrons. The van der Waals surface area contributed by atoms with Gasteiger partial charge >= 0.3 is 0 Å². The largest absolute Gasteiger partial charge is 0.363 e. The fourth-order valence-electron chi connectivity index (χ4n) is 2.60. The fraction of sp³-hybridized carbons (Fsp3) is 0.100. The lowest BCUT2D eigenvalue weighted by molar-refractivity contribution is 0.648. The second-order valence-electron chi connectivity index (χ2n) is 6.03. The molecule has 0 amide bonds. The van der Waals surface area contributed by atoms with Gasteiger partial charge in [0.15, 0.2) is 5.82 Å². The fourth-order valence-corrected chi connectivity index (χ4v) is 4.63. The monoisotopic (exact) mass is 408 g/mol. The first-order valence-electron chi connectivity index (χ1n) is 8.28. The van der Waals surface area contributed by atoms with Crippen LogP contribution in [0.15, 0.2) is 65.1 Å². The summed E-state index contributed by atoms with van der Waals surface area (Å²) in [6.45, 7) is 0. The zero-order valence-corrected chi connectivity index (χ0v) is 17.2. The molecule has 0 N–H and O–H groups in total.